The Kier molecular flexibility index (Phi) is 11.3. The topological polar surface area (TPSA) is 69.6 Å². The number of carbonyl (C=O) groups is 2. The van der Waals surface area contributed by atoms with Crippen molar-refractivity contribution in [3.8, 4) is 0 Å². The summed E-state index contributed by atoms with van der Waals surface area (Å²) in [7, 11) is 0. The molecule has 5 nitrogen and oxygen atoms in total. The van der Waals surface area contributed by atoms with E-state index in [0.29, 0.717) is 41.1 Å². The van der Waals surface area contributed by atoms with Gasteiger partial charge in [-0.3, -0.25) is 4.79 Å². The maximum Gasteiger partial charge on any atom is 0.341 e. The summed E-state index contributed by atoms with van der Waals surface area (Å²) >= 11 is 2.04. The number of allylic oxidation sites excluding steroid dienone is 3. The first-order valence-corrected chi connectivity index (χ1v) is 21.0. The van der Waals surface area contributed by atoms with Crippen molar-refractivity contribution < 1.29 is 23.5 Å². The summed E-state index contributed by atoms with van der Waals surface area (Å²) in [5.74, 6) is 1.84. The summed E-state index contributed by atoms with van der Waals surface area (Å²) in [6, 6.07) is 2.45. The normalized spacial score (nSPS) is 36.9. The fourth-order valence-corrected chi connectivity index (χ4v) is 14.1. The number of benzene rings is 1. The highest BCUT2D eigenvalue weighted by atomic mass is 32.2. The molecule has 2 N–H and O–H groups in total. The fraction of sp³-hybridized carbons (Fsp3) is 0.721. The van der Waals surface area contributed by atoms with Gasteiger partial charge >= 0.3 is 5.97 Å². The van der Waals surface area contributed by atoms with Crippen molar-refractivity contribution in [2.24, 2.45) is 51.2 Å². The van der Waals surface area contributed by atoms with Crippen LogP contribution in [0.5, 0.6) is 0 Å². The Balaban J connectivity index is 0.00000144. The zero-order valence-corrected chi connectivity index (χ0v) is 32.6. The second kappa shape index (κ2) is 14.9. The molecule has 0 aromatic heterocycles. The van der Waals surface area contributed by atoms with Gasteiger partial charge in [-0.2, -0.15) is 11.8 Å². The van der Waals surface area contributed by atoms with Crippen molar-refractivity contribution in [1.82, 2.24) is 10.2 Å². The van der Waals surface area contributed by atoms with E-state index in [1.807, 2.05) is 18.7 Å². The van der Waals surface area contributed by atoms with Gasteiger partial charge in [-0.05, 0) is 147 Å². The quantitative estimate of drug-likeness (QED) is 0.217. The number of amides is 1. The van der Waals surface area contributed by atoms with Crippen molar-refractivity contribution in [2.75, 3.05) is 37.7 Å². The first-order chi connectivity index (χ1) is 24.2. The van der Waals surface area contributed by atoms with Crippen LogP contribution in [0.1, 0.15) is 121 Å². The summed E-state index contributed by atoms with van der Waals surface area (Å²) in [5, 5.41) is 12.8. The predicted octanol–water partition coefficient (Wildman–Crippen LogP) is 9.87. The van der Waals surface area contributed by atoms with Crippen molar-refractivity contribution >= 4 is 29.2 Å². The maximum absolute atomic E-state index is 14.8. The van der Waals surface area contributed by atoms with Gasteiger partial charge in [0.1, 0.15) is 17.2 Å². The molecule has 5 fully saturated rings. The van der Waals surface area contributed by atoms with E-state index >= 15 is 0 Å². The molecule has 7 rings (SSSR count). The first-order valence-electron chi connectivity index (χ1n) is 19.8. The Hall–Kier alpha value is -2.19. The Labute approximate surface area is 309 Å². The SMILES string of the molecule is C=CC.CC1(C)C(c2cc(F)c(C(=O)O)c(F)c2)=CCC2(C)C1CCC1(C)C3CCC4(C(=O)NCCCN5CCSCC5)CCCC4C3CCC12. The molecule has 282 valence electrons. The Morgan fingerprint density at radius 1 is 0.961 bits per heavy atom. The van der Waals surface area contributed by atoms with E-state index < -0.39 is 23.2 Å². The molecule has 0 bridgehead atoms. The molecule has 1 saturated heterocycles. The van der Waals surface area contributed by atoms with Crippen LogP contribution < -0.4 is 5.32 Å². The Morgan fingerprint density at radius 3 is 2.31 bits per heavy atom. The van der Waals surface area contributed by atoms with Crippen LogP contribution in [-0.4, -0.2) is 59.6 Å². The molecule has 0 radical (unpaired) electrons. The second-order valence-corrected chi connectivity index (χ2v) is 19.1. The third kappa shape index (κ3) is 6.65. The van der Waals surface area contributed by atoms with Gasteiger partial charge in [0.2, 0.25) is 5.91 Å². The summed E-state index contributed by atoms with van der Waals surface area (Å²) < 4.78 is 29.7. The van der Waals surface area contributed by atoms with Crippen LogP contribution in [0.15, 0.2) is 30.9 Å². The molecule has 51 heavy (non-hydrogen) atoms. The van der Waals surface area contributed by atoms with Gasteiger partial charge < -0.3 is 15.3 Å². The zero-order chi connectivity index (χ0) is 36.8. The molecule has 1 aromatic rings. The molecular formula is C43H62F2N2O3S. The minimum absolute atomic E-state index is 0.0672. The van der Waals surface area contributed by atoms with Gasteiger partial charge in [0, 0.05) is 31.1 Å². The van der Waals surface area contributed by atoms with E-state index in [1.165, 1.54) is 62.4 Å². The van der Waals surface area contributed by atoms with Crippen molar-refractivity contribution in [3.05, 3.63) is 53.6 Å². The van der Waals surface area contributed by atoms with Gasteiger partial charge in [-0.1, -0.05) is 46.3 Å². The average Bonchev–Trinajstić information content (AvgIpc) is 3.53. The summed E-state index contributed by atoms with van der Waals surface area (Å²) in [6.07, 6.45) is 16.0. The first kappa shape index (κ1) is 38.5. The monoisotopic (exact) mass is 724 g/mol. The number of hydrogen-bond donors (Lipinski definition) is 2. The minimum Gasteiger partial charge on any atom is -0.477 e. The van der Waals surface area contributed by atoms with Gasteiger partial charge in [0.15, 0.2) is 0 Å². The predicted molar refractivity (Wildman–Crippen MR) is 205 cm³/mol. The number of fused-ring (bicyclic) bond motifs is 7. The highest BCUT2D eigenvalue weighted by Gasteiger charge is 2.66. The van der Waals surface area contributed by atoms with Gasteiger partial charge in [0.05, 0.1) is 5.41 Å². The van der Waals surface area contributed by atoms with Crippen LogP contribution in [-0.2, 0) is 4.79 Å². The lowest BCUT2D eigenvalue weighted by molar-refractivity contribution is -0.181. The number of nitrogens with one attached hydrogen (secondary N) is 1. The van der Waals surface area contributed by atoms with Crippen LogP contribution in [0.3, 0.4) is 0 Å². The molecule has 5 aliphatic carbocycles. The van der Waals surface area contributed by atoms with Crippen molar-refractivity contribution in [1.29, 1.82) is 0 Å². The largest absolute Gasteiger partial charge is 0.477 e. The average molecular weight is 725 g/mol. The molecule has 6 aliphatic rings. The number of carboxylic acid groups (broad SMARTS) is 1. The summed E-state index contributed by atoms with van der Waals surface area (Å²) in [6.45, 7) is 19.0. The number of hydrogen-bond acceptors (Lipinski definition) is 4. The Morgan fingerprint density at radius 2 is 1.65 bits per heavy atom. The molecule has 4 saturated carbocycles. The van der Waals surface area contributed by atoms with E-state index in [-0.39, 0.29) is 21.7 Å². The lowest BCUT2D eigenvalue weighted by Crippen LogP contribution is -2.62. The van der Waals surface area contributed by atoms with Crippen LogP contribution in [0.2, 0.25) is 0 Å². The highest BCUT2D eigenvalue weighted by molar-refractivity contribution is 7.99. The van der Waals surface area contributed by atoms with Gasteiger partial charge in [-0.25, -0.2) is 13.6 Å². The minimum atomic E-state index is -1.58. The number of rotatable bonds is 7. The second-order valence-electron chi connectivity index (χ2n) is 17.8. The molecule has 1 aliphatic heterocycles. The standard InChI is InChI=1S/C40H56F2N2O3S.C3H6/c1-37(2)27(25-23-30(41)34(35(45)46)31(42)24-25)10-14-39(4)32(37)12-15-38(3)28-11-16-40(13-5-7-29(40)26(28)8-9-33(38)39)36(47)43-17-6-18-44-19-21-48-22-20-44;1-3-2/h10,23-24,26,28-29,32-33H,5-9,11-22H2,1-4H3,(H,43,47)(H,45,46);3H,1H2,2H3. The fourth-order valence-electron chi connectivity index (χ4n) is 13.1. The van der Waals surface area contributed by atoms with E-state index in [0.717, 1.165) is 63.6 Å². The highest BCUT2D eigenvalue weighted by Crippen LogP contribution is 2.73. The molecule has 0 spiro atoms. The lowest BCUT2D eigenvalue weighted by Gasteiger charge is -2.68. The van der Waals surface area contributed by atoms with Gasteiger partial charge in [-0.15, -0.1) is 6.58 Å². The van der Waals surface area contributed by atoms with Crippen LogP contribution in [0.4, 0.5) is 8.78 Å². The lowest BCUT2D eigenvalue weighted by atomic mass is 9.36. The molecule has 1 amide bonds. The number of halogens is 2. The molecule has 8 heteroatoms. The molecule has 1 aromatic carbocycles. The maximum atomic E-state index is 14.8. The molecular weight excluding hydrogens is 663 g/mol. The number of carbonyl (C=O) groups excluding carboxylic acids is 1. The number of nitrogens with zero attached hydrogens (tertiary/aromatic N) is 1. The zero-order valence-electron chi connectivity index (χ0n) is 31.8. The molecule has 8 unspecified atom stereocenters. The van der Waals surface area contributed by atoms with Gasteiger partial charge in [0.25, 0.3) is 0 Å². The van der Waals surface area contributed by atoms with E-state index in [1.54, 1.807) is 6.08 Å². The Bertz CT molecular complexity index is 1500. The van der Waals surface area contributed by atoms with Crippen LogP contribution in [0.25, 0.3) is 5.57 Å². The number of carboxylic acids is 1. The van der Waals surface area contributed by atoms with Crippen LogP contribution >= 0.6 is 11.8 Å². The van der Waals surface area contributed by atoms with Crippen LogP contribution in [0, 0.1) is 62.9 Å². The smallest absolute Gasteiger partial charge is 0.341 e. The molecule has 1 heterocycles. The molecule has 8 atom stereocenters. The van der Waals surface area contributed by atoms with E-state index in [2.05, 4.69) is 50.6 Å². The van der Waals surface area contributed by atoms with Crippen molar-refractivity contribution in [3.63, 3.8) is 0 Å². The number of aromatic carboxylic acids is 1. The van der Waals surface area contributed by atoms with E-state index in [4.69, 9.17) is 0 Å². The third-order valence-electron chi connectivity index (χ3n) is 15.1. The summed E-state index contributed by atoms with van der Waals surface area (Å²) in [5.41, 5.74) is 0.309. The summed E-state index contributed by atoms with van der Waals surface area (Å²) in [4.78, 5) is 28.0. The van der Waals surface area contributed by atoms with E-state index in [9.17, 15) is 23.5 Å². The number of thioether (sulfide) groups is 1. The third-order valence-corrected chi connectivity index (χ3v) is 16.1. The van der Waals surface area contributed by atoms with Crippen molar-refractivity contribution in [2.45, 2.75) is 105 Å².